The van der Waals surface area contributed by atoms with E-state index >= 15 is 0 Å². The molecule has 1 aromatic heterocycles. The molecule has 1 aromatic carbocycles. The molecule has 2 aromatic rings. The fraction of sp³-hybridized carbons (Fsp3) is 0.250. The quantitative estimate of drug-likeness (QED) is 0.890. The van der Waals surface area contributed by atoms with E-state index in [0.29, 0.717) is 17.1 Å². The zero-order valence-corrected chi connectivity index (χ0v) is 12.9. The SMILES string of the molecule is CC(C)C(=O)Nc1csc(C(=O)NCc2ccccc2)c1. The van der Waals surface area contributed by atoms with Gasteiger partial charge in [-0.2, -0.15) is 0 Å². The third kappa shape index (κ3) is 4.43. The lowest BCUT2D eigenvalue weighted by molar-refractivity contribution is -0.118. The van der Waals surface area contributed by atoms with Crippen LogP contribution in [0.25, 0.3) is 0 Å². The summed E-state index contributed by atoms with van der Waals surface area (Å²) in [4.78, 5) is 24.2. The number of thiophene rings is 1. The Kier molecular flexibility index (Phi) is 5.11. The first kappa shape index (κ1) is 15.3. The second kappa shape index (κ2) is 7.04. The summed E-state index contributed by atoms with van der Waals surface area (Å²) in [5.41, 5.74) is 1.72. The maximum Gasteiger partial charge on any atom is 0.261 e. The Morgan fingerprint density at radius 1 is 1.19 bits per heavy atom. The number of anilines is 1. The van der Waals surface area contributed by atoms with Crippen LogP contribution in [0.5, 0.6) is 0 Å². The summed E-state index contributed by atoms with van der Waals surface area (Å²) in [7, 11) is 0. The lowest BCUT2D eigenvalue weighted by atomic mass is 10.2. The van der Waals surface area contributed by atoms with Gasteiger partial charge in [-0.25, -0.2) is 0 Å². The molecule has 5 heteroatoms. The van der Waals surface area contributed by atoms with Crippen LogP contribution < -0.4 is 10.6 Å². The third-order valence-corrected chi connectivity index (χ3v) is 3.84. The van der Waals surface area contributed by atoms with Crippen LogP contribution >= 0.6 is 11.3 Å². The standard InChI is InChI=1S/C16H18N2O2S/c1-11(2)15(19)18-13-8-14(21-10-13)16(20)17-9-12-6-4-3-5-7-12/h3-8,10-11H,9H2,1-2H3,(H,17,20)(H,18,19). The molecule has 0 aliphatic heterocycles. The highest BCUT2D eigenvalue weighted by Gasteiger charge is 2.12. The Morgan fingerprint density at radius 2 is 1.90 bits per heavy atom. The van der Waals surface area contributed by atoms with Crippen LogP contribution in [0.4, 0.5) is 5.69 Å². The molecule has 0 fully saturated rings. The van der Waals surface area contributed by atoms with Gasteiger partial charge in [0.2, 0.25) is 5.91 Å². The van der Waals surface area contributed by atoms with Crippen LogP contribution in [0.3, 0.4) is 0 Å². The highest BCUT2D eigenvalue weighted by molar-refractivity contribution is 7.12. The van der Waals surface area contributed by atoms with E-state index in [2.05, 4.69) is 10.6 Å². The first-order valence-electron chi connectivity index (χ1n) is 6.78. The van der Waals surface area contributed by atoms with Crippen LogP contribution in [0.15, 0.2) is 41.8 Å². The van der Waals surface area contributed by atoms with E-state index < -0.39 is 0 Å². The molecule has 0 unspecified atom stereocenters. The first-order valence-corrected chi connectivity index (χ1v) is 7.65. The summed E-state index contributed by atoms with van der Waals surface area (Å²) in [5, 5.41) is 7.42. The highest BCUT2D eigenvalue weighted by atomic mass is 32.1. The minimum Gasteiger partial charge on any atom is -0.347 e. The minimum absolute atomic E-state index is 0.0518. The zero-order chi connectivity index (χ0) is 15.2. The summed E-state index contributed by atoms with van der Waals surface area (Å²) in [6.45, 7) is 4.15. The van der Waals surface area contributed by atoms with Crippen molar-refractivity contribution >= 4 is 28.8 Å². The first-order chi connectivity index (χ1) is 10.1. The number of hydrogen-bond acceptors (Lipinski definition) is 3. The van der Waals surface area contributed by atoms with Gasteiger partial charge in [-0.1, -0.05) is 44.2 Å². The second-order valence-corrected chi connectivity index (χ2v) is 5.92. The molecular weight excluding hydrogens is 284 g/mol. The van der Waals surface area contributed by atoms with Crippen molar-refractivity contribution < 1.29 is 9.59 Å². The van der Waals surface area contributed by atoms with Crippen LogP contribution in [0.1, 0.15) is 29.1 Å². The number of hydrogen-bond donors (Lipinski definition) is 2. The Morgan fingerprint density at radius 3 is 2.57 bits per heavy atom. The van der Waals surface area contributed by atoms with Crippen molar-refractivity contribution in [3.05, 3.63) is 52.2 Å². The molecule has 2 N–H and O–H groups in total. The summed E-state index contributed by atoms with van der Waals surface area (Å²) in [6, 6.07) is 11.4. The molecule has 2 rings (SSSR count). The average Bonchev–Trinajstić information content (AvgIpc) is 2.94. The van der Waals surface area contributed by atoms with Crippen LogP contribution in [0.2, 0.25) is 0 Å². The molecule has 0 aliphatic carbocycles. The monoisotopic (exact) mass is 302 g/mol. The van der Waals surface area contributed by atoms with Gasteiger partial charge in [0.1, 0.15) is 0 Å². The molecule has 0 atom stereocenters. The zero-order valence-electron chi connectivity index (χ0n) is 12.1. The predicted molar refractivity (Wildman–Crippen MR) is 85.4 cm³/mol. The summed E-state index contributed by atoms with van der Waals surface area (Å²) in [6.07, 6.45) is 0. The topological polar surface area (TPSA) is 58.2 Å². The maximum absolute atomic E-state index is 12.0. The molecule has 0 bridgehead atoms. The highest BCUT2D eigenvalue weighted by Crippen LogP contribution is 2.20. The van der Waals surface area contributed by atoms with Gasteiger partial charge in [-0.15, -0.1) is 11.3 Å². The largest absolute Gasteiger partial charge is 0.347 e. The molecule has 1 heterocycles. The fourth-order valence-corrected chi connectivity index (χ4v) is 2.43. The normalized spacial score (nSPS) is 10.4. The molecule has 2 amide bonds. The molecule has 0 saturated heterocycles. The van der Waals surface area contributed by atoms with Gasteiger partial charge in [-0.3, -0.25) is 9.59 Å². The molecule has 0 spiro atoms. The summed E-state index contributed by atoms with van der Waals surface area (Å²) < 4.78 is 0. The Hall–Kier alpha value is -2.14. The van der Waals surface area contributed by atoms with E-state index in [-0.39, 0.29) is 17.7 Å². The molecule has 21 heavy (non-hydrogen) atoms. The fourth-order valence-electron chi connectivity index (χ4n) is 1.67. The van der Waals surface area contributed by atoms with E-state index in [1.165, 1.54) is 11.3 Å². The number of carbonyl (C=O) groups excluding carboxylic acids is 2. The Bertz CT molecular complexity index is 620. The van der Waals surface area contributed by atoms with Crippen molar-refractivity contribution in [2.24, 2.45) is 5.92 Å². The van der Waals surface area contributed by atoms with Gasteiger partial charge in [0, 0.05) is 17.8 Å². The number of carbonyl (C=O) groups is 2. The molecule has 0 radical (unpaired) electrons. The minimum atomic E-state index is -0.131. The predicted octanol–water partition coefficient (Wildman–Crippen LogP) is 3.27. The van der Waals surface area contributed by atoms with E-state index in [0.717, 1.165) is 5.56 Å². The molecule has 0 aliphatic rings. The van der Waals surface area contributed by atoms with E-state index in [9.17, 15) is 9.59 Å². The van der Waals surface area contributed by atoms with Crippen molar-refractivity contribution in [2.75, 3.05) is 5.32 Å². The lowest BCUT2D eigenvalue weighted by Gasteiger charge is -2.05. The van der Waals surface area contributed by atoms with Crippen LogP contribution in [0, 0.1) is 5.92 Å². The van der Waals surface area contributed by atoms with Gasteiger partial charge < -0.3 is 10.6 Å². The molecule has 0 saturated carbocycles. The Labute approximate surface area is 128 Å². The maximum atomic E-state index is 12.0. The van der Waals surface area contributed by atoms with Crippen molar-refractivity contribution in [3.8, 4) is 0 Å². The number of amides is 2. The number of rotatable bonds is 5. The smallest absolute Gasteiger partial charge is 0.261 e. The van der Waals surface area contributed by atoms with Crippen LogP contribution in [-0.4, -0.2) is 11.8 Å². The average molecular weight is 302 g/mol. The van der Waals surface area contributed by atoms with Crippen molar-refractivity contribution in [1.29, 1.82) is 0 Å². The Balaban J connectivity index is 1.91. The molecular formula is C16H18N2O2S. The van der Waals surface area contributed by atoms with Crippen LogP contribution in [-0.2, 0) is 11.3 Å². The lowest BCUT2D eigenvalue weighted by Crippen LogP contribution is -2.21. The molecule has 110 valence electrons. The van der Waals surface area contributed by atoms with E-state index in [1.54, 1.807) is 11.4 Å². The number of benzene rings is 1. The van der Waals surface area contributed by atoms with Crippen molar-refractivity contribution in [1.82, 2.24) is 5.32 Å². The van der Waals surface area contributed by atoms with Gasteiger partial charge in [-0.05, 0) is 11.6 Å². The summed E-state index contributed by atoms with van der Waals surface area (Å²) in [5.74, 6) is -0.266. The van der Waals surface area contributed by atoms with Crippen molar-refractivity contribution in [3.63, 3.8) is 0 Å². The number of nitrogens with one attached hydrogen (secondary N) is 2. The third-order valence-electron chi connectivity index (χ3n) is 2.91. The van der Waals surface area contributed by atoms with Gasteiger partial charge in [0.25, 0.3) is 5.91 Å². The van der Waals surface area contributed by atoms with Crippen molar-refractivity contribution in [2.45, 2.75) is 20.4 Å². The van der Waals surface area contributed by atoms with Gasteiger partial charge >= 0.3 is 0 Å². The van der Waals surface area contributed by atoms with E-state index in [1.807, 2.05) is 44.2 Å². The van der Waals surface area contributed by atoms with E-state index in [4.69, 9.17) is 0 Å². The van der Waals surface area contributed by atoms with Gasteiger partial charge in [0.15, 0.2) is 0 Å². The summed E-state index contributed by atoms with van der Waals surface area (Å²) >= 11 is 1.32. The second-order valence-electron chi connectivity index (χ2n) is 5.01. The van der Waals surface area contributed by atoms with Gasteiger partial charge in [0.05, 0.1) is 10.6 Å². The molecule has 4 nitrogen and oxygen atoms in total.